The molecule has 14 heteroatoms. The van der Waals surface area contributed by atoms with E-state index in [4.69, 9.17) is 0 Å². The summed E-state index contributed by atoms with van der Waals surface area (Å²) in [6.45, 7) is 3.37. The van der Waals surface area contributed by atoms with E-state index in [9.17, 15) is 52.7 Å². The standard InChI is InChI=1S/C18H18F12O2/c1-9(2)31-13(15(19,20)21,16(22,23)24)11-5-7-12(8-6-11)14(17(25,26)27,18(28,29)30)32-10(3)4/h5-10H,1-4H3. The number of alkyl halides is 12. The third-order valence-electron chi connectivity index (χ3n) is 4.12. The Labute approximate surface area is 174 Å². The average molecular weight is 494 g/mol. The maximum absolute atomic E-state index is 13.6. The first-order valence-electron chi connectivity index (χ1n) is 8.78. The Bertz CT molecular complexity index is 662. The van der Waals surface area contributed by atoms with Gasteiger partial charge in [-0.2, -0.15) is 52.7 Å². The van der Waals surface area contributed by atoms with Crippen molar-refractivity contribution < 1.29 is 62.2 Å². The van der Waals surface area contributed by atoms with Crippen LogP contribution in [0.15, 0.2) is 24.3 Å². The molecule has 186 valence electrons. The molecule has 0 aliphatic rings. The maximum Gasteiger partial charge on any atom is 0.430 e. The van der Waals surface area contributed by atoms with Crippen LogP contribution in [0.4, 0.5) is 52.7 Å². The highest BCUT2D eigenvalue weighted by atomic mass is 19.4. The van der Waals surface area contributed by atoms with Gasteiger partial charge in [0.05, 0.1) is 12.2 Å². The zero-order valence-electron chi connectivity index (χ0n) is 16.8. The molecular weight excluding hydrogens is 476 g/mol. The minimum absolute atomic E-state index is 0.144. The van der Waals surface area contributed by atoms with Gasteiger partial charge in [-0.3, -0.25) is 0 Å². The topological polar surface area (TPSA) is 18.5 Å². The van der Waals surface area contributed by atoms with E-state index in [2.05, 4.69) is 9.47 Å². The van der Waals surface area contributed by atoms with Crippen LogP contribution in [0.5, 0.6) is 0 Å². The van der Waals surface area contributed by atoms with Crippen LogP contribution >= 0.6 is 0 Å². The van der Waals surface area contributed by atoms with Crippen LogP contribution in [0.1, 0.15) is 38.8 Å². The van der Waals surface area contributed by atoms with Crippen LogP contribution in [0.25, 0.3) is 0 Å². The summed E-state index contributed by atoms with van der Waals surface area (Å²) in [4.78, 5) is 0. The summed E-state index contributed by atoms with van der Waals surface area (Å²) in [6.07, 6.45) is -28.0. The maximum atomic E-state index is 13.6. The zero-order chi connectivity index (χ0) is 25.6. The summed E-state index contributed by atoms with van der Waals surface area (Å²) in [5.41, 5.74) is -13.5. The predicted octanol–water partition coefficient (Wildman–Crippen LogP) is 7.18. The van der Waals surface area contributed by atoms with Crippen molar-refractivity contribution in [3.63, 3.8) is 0 Å². The predicted molar refractivity (Wildman–Crippen MR) is 86.5 cm³/mol. The Morgan fingerprint density at radius 2 is 0.656 bits per heavy atom. The lowest BCUT2D eigenvalue weighted by Gasteiger charge is -2.40. The van der Waals surface area contributed by atoms with Gasteiger partial charge in [0.2, 0.25) is 0 Å². The summed E-state index contributed by atoms with van der Waals surface area (Å²) < 4.78 is 171. The molecule has 0 amide bonds. The number of benzene rings is 1. The molecule has 0 spiro atoms. The Morgan fingerprint density at radius 1 is 0.469 bits per heavy atom. The highest BCUT2D eigenvalue weighted by Crippen LogP contribution is 2.56. The summed E-state index contributed by atoms with van der Waals surface area (Å²) in [6, 6.07) is -0.577. The normalized spacial score (nSPS) is 15.1. The third kappa shape index (κ3) is 4.80. The van der Waals surface area contributed by atoms with Crippen molar-refractivity contribution in [2.24, 2.45) is 0 Å². The lowest BCUT2D eigenvalue weighted by Crippen LogP contribution is -2.58. The second kappa shape index (κ2) is 8.58. The van der Waals surface area contributed by atoms with E-state index in [1.165, 1.54) is 0 Å². The average Bonchev–Trinajstić information content (AvgIpc) is 2.53. The molecule has 1 rings (SSSR count). The molecule has 2 nitrogen and oxygen atoms in total. The van der Waals surface area contributed by atoms with Gasteiger partial charge in [-0.25, -0.2) is 0 Å². The first-order valence-corrected chi connectivity index (χ1v) is 8.78. The van der Waals surface area contributed by atoms with Crippen molar-refractivity contribution in [1.82, 2.24) is 0 Å². The summed E-state index contributed by atoms with van der Waals surface area (Å²) in [5.74, 6) is 0. The van der Waals surface area contributed by atoms with Crippen LogP contribution in [-0.2, 0) is 20.7 Å². The second-order valence-electron chi connectivity index (χ2n) is 7.26. The molecule has 0 bridgehead atoms. The van der Waals surface area contributed by atoms with Crippen molar-refractivity contribution in [2.45, 2.75) is 75.8 Å². The van der Waals surface area contributed by atoms with Gasteiger partial charge in [-0.15, -0.1) is 0 Å². The minimum atomic E-state index is -6.16. The van der Waals surface area contributed by atoms with Crippen LogP contribution < -0.4 is 0 Å². The van der Waals surface area contributed by atoms with Crippen LogP contribution in [0.3, 0.4) is 0 Å². The second-order valence-corrected chi connectivity index (χ2v) is 7.26. The lowest BCUT2D eigenvalue weighted by molar-refractivity contribution is -0.398. The molecular formula is C18H18F12O2. The molecule has 0 saturated heterocycles. The zero-order valence-corrected chi connectivity index (χ0v) is 16.8. The number of hydrogen-bond acceptors (Lipinski definition) is 2. The van der Waals surface area contributed by atoms with Gasteiger partial charge in [0.25, 0.3) is 11.2 Å². The lowest BCUT2D eigenvalue weighted by atomic mass is 9.86. The van der Waals surface area contributed by atoms with E-state index in [0.717, 1.165) is 27.7 Å². The third-order valence-corrected chi connectivity index (χ3v) is 4.12. The van der Waals surface area contributed by atoms with Crippen molar-refractivity contribution in [2.75, 3.05) is 0 Å². The Kier molecular flexibility index (Phi) is 7.60. The molecule has 0 fully saturated rings. The van der Waals surface area contributed by atoms with Crippen molar-refractivity contribution in [1.29, 1.82) is 0 Å². The fourth-order valence-electron chi connectivity index (χ4n) is 3.03. The molecule has 32 heavy (non-hydrogen) atoms. The minimum Gasteiger partial charge on any atom is -0.351 e. The fourth-order valence-corrected chi connectivity index (χ4v) is 3.03. The SMILES string of the molecule is CC(C)OC(c1ccc(C(OC(C)C)(C(F)(F)F)C(F)(F)F)cc1)(C(F)(F)F)C(F)(F)F. The van der Waals surface area contributed by atoms with E-state index in [0.29, 0.717) is 0 Å². The van der Waals surface area contributed by atoms with Crippen molar-refractivity contribution in [3.8, 4) is 0 Å². The number of rotatable bonds is 6. The molecule has 0 unspecified atom stereocenters. The van der Waals surface area contributed by atoms with Gasteiger partial charge in [0, 0.05) is 11.1 Å². The molecule has 0 saturated carbocycles. The van der Waals surface area contributed by atoms with Gasteiger partial charge in [-0.05, 0) is 27.7 Å². The molecule has 0 aromatic heterocycles. The number of hydrogen-bond donors (Lipinski definition) is 0. The number of ether oxygens (including phenoxy) is 2. The van der Waals surface area contributed by atoms with Gasteiger partial charge < -0.3 is 9.47 Å². The highest BCUT2D eigenvalue weighted by Gasteiger charge is 2.75. The first-order chi connectivity index (χ1) is 14.0. The van der Waals surface area contributed by atoms with Gasteiger partial charge in [-0.1, -0.05) is 24.3 Å². The van der Waals surface area contributed by atoms with Gasteiger partial charge >= 0.3 is 24.7 Å². The highest BCUT2D eigenvalue weighted by molar-refractivity contribution is 5.35. The van der Waals surface area contributed by atoms with Crippen LogP contribution in [0.2, 0.25) is 0 Å². The van der Waals surface area contributed by atoms with E-state index in [1.54, 1.807) is 0 Å². The fraction of sp³-hybridized carbons (Fsp3) is 0.667. The van der Waals surface area contributed by atoms with E-state index < -0.39 is 59.2 Å². The van der Waals surface area contributed by atoms with Crippen molar-refractivity contribution in [3.05, 3.63) is 35.4 Å². The van der Waals surface area contributed by atoms with Crippen LogP contribution in [-0.4, -0.2) is 36.9 Å². The molecule has 0 N–H and O–H groups in total. The Balaban J connectivity index is 3.89. The van der Waals surface area contributed by atoms with E-state index in [1.807, 2.05) is 0 Å². The van der Waals surface area contributed by atoms with E-state index in [-0.39, 0.29) is 24.3 Å². The molecule has 0 radical (unpaired) electrons. The summed E-state index contributed by atoms with van der Waals surface area (Å²) >= 11 is 0. The first kappa shape index (κ1) is 28.3. The smallest absolute Gasteiger partial charge is 0.351 e. The Hall–Kier alpha value is -1.70. The molecule has 1 aromatic carbocycles. The monoisotopic (exact) mass is 494 g/mol. The van der Waals surface area contributed by atoms with Crippen molar-refractivity contribution >= 4 is 0 Å². The molecule has 1 aromatic rings. The summed E-state index contributed by atoms with van der Waals surface area (Å²) in [5, 5.41) is 0. The molecule has 0 heterocycles. The quantitative estimate of drug-likeness (QED) is 0.391. The molecule has 0 aliphatic heterocycles. The molecule has 0 aliphatic carbocycles. The van der Waals surface area contributed by atoms with Crippen LogP contribution in [0, 0.1) is 0 Å². The summed E-state index contributed by atoms with van der Waals surface area (Å²) in [7, 11) is 0. The van der Waals surface area contributed by atoms with E-state index >= 15 is 0 Å². The van der Waals surface area contributed by atoms with Gasteiger partial charge in [0.15, 0.2) is 0 Å². The largest absolute Gasteiger partial charge is 0.430 e. The van der Waals surface area contributed by atoms with Gasteiger partial charge in [0.1, 0.15) is 0 Å². The Morgan fingerprint density at radius 3 is 0.781 bits per heavy atom. The number of halogens is 12. The molecule has 0 atom stereocenters.